The summed E-state index contributed by atoms with van der Waals surface area (Å²) in [6, 6.07) is 7.47. The maximum atomic E-state index is 13.4. The van der Waals surface area contributed by atoms with Crippen LogP contribution < -0.4 is 5.32 Å². The second-order valence-electron chi connectivity index (χ2n) is 4.33. The molecule has 1 amide bonds. The maximum absolute atomic E-state index is 13.4. The molecule has 0 atom stereocenters. The lowest BCUT2D eigenvalue weighted by atomic mass is 10.1. The molecule has 0 radical (unpaired) electrons. The molecule has 2 rings (SSSR count). The molecule has 0 bridgehead atoms. The summed E-state index contributed by atoms with van der Waals surface area (Å²) < 4.78 is 13.4. The summed E-state index contributed by atoms with van der Waals surface area (Å²) in [6.45, 7) is 1.51. The molecule has 0 aliphatic rings. The highest BCUT2D eigenvalue weighted by atomic mass is 19.1. The normalized spacial score (nSPS) is 10.2. The van der Waals surface area contributed by atoms with E-state index in [0.717, 1.165) is 12.1 Å². The number of carbonyl (C=O) groups is 1. The zero-order valence-electron chi connectivity index (χ0n) is 11.0. The number of halogens is 1. The van der Waals surface area contributed by atoms with Crippen LogP contribution in [0.4, 0.5) is 15.8 Å². The Labute approximate surface area is 119 Å². The molecule has 0 aliphatic heterocycles. The van der Waals surface area contributed by atoms with Crippen molar-refractivity contribution in [2.45, 2.75) is 6.92 Å². The van der Waals surface area contributed by atoms with Gasteiger partial charge in [-0.05, 0) is 31.2 Å². The number of benzene rings is 2. The first-order valence-corrected chi connectivity index (χ1v) is 5.94. The highest BCUT2D eigenvalue weighted by Gasteiger charge is 2.16. The van der Waals surface area contributed by atoms with Gasteiger partial charge >= 0.3 is 5.69 Å². The van der Waals surface area contributed by atoms with Crippen molar-refractivity contribution in [1.82, 2.24) is 0 Å². The number of nitro benzene ring substituents is 1. The number of anilines is 1. The second kappa shape index (κ2) is 5.58. The van der Waals surface area contributed by atoms with E-state index in [1.807, 2.05) is 0 Å². The van der Waals surface area contributed by atoms with Gasteiger partial charge in [0.15, 0.2) is 5.75 Å². The van der Waals surface area contributed by atoms with E-state index in [1.54, 1.807) is 0 Å². The van der Waals surface area contributed by atoms with Gasteiger partial charge in [0.25, 0.3) is 5.91 Å². The summed E-state index contributed by atoms with van der Waals surface area (Å²) in [5.74, 6) is -1.67. The van der Waals surface area contributed by atoms with Crippen LogP contribution >= 0.6 is 0 Å². The van der Waals surface area contributed by atoms with Crippen molar-refractivity contribution in [3.05, 3.63) is 63.5 Å². The molecule has 6 nitrogen and oxygen atoms in total. The number of nitrogens with zero attached hydrogens (tertiary/aromatic N) is 1. The average molecular weight is 290 g/mol. The average Bonchev–Trinajstić information content (AvgIpc) is 2.43. The van der Waals surface area contributed by atoms with Crippen LogP contribution in [0.1, 0.15) is 15.9 Å². The lowest BCUT2D eigenvalue weighted by Gasteiger charge is -2.09. The predicted octanol–water partition coefficient (Wildman–Crippen LogP) is 3.00. The third-order valence-electron chi connectivity index (χ3n) is 2.95. The van der Waals surface area contributed by atoms with Gasteiger partial charge in [-0.1, -0.05) is 6.07 Å². The zero-order valence-corrected chi connectivity index (χ0v) is 11.0. The molecule has 0 fully saturated rings. The predicted molar refractivity (Wildman–Crippen MR) is 73.9 cm³/mol. The Morgan fingerprint density at radius 1 is 1.33 bits per heavy atom. The molecule has 2 aromatic rings. The van der Waals surface area contributed by atoms with E-state index in [2.05, 4.69) is 5.32 Å². The number of nitro groups is 1. The largest absolute Gasteiger partial charge is 0.502 e. The number of hydrogen-bond donors (Lipinski definition) is 2. The standard InChI is InChI=1S/C14H11FN2O4/c1-8-10(15)3-2-4-11(8)16-14(19)9-5-6-12(17(20)21)13(18)7-9/h2-7,18H,1H3,(H,16,19). The number of hydrogen-bond acceptors (Lipinski definition) is 4. The Hall–Kier alpha value is -2.96. The summed E-state index contributed by atoms with van der Waals surface area (Å²) in [5.41, 5.74) is 0.102. The van der Waals surface area contributed by atoms with Gasteiger partial charge < -0.3 is 10.4 Å². The molecule has 7 heteroatoms. The molecule has 21 heavy (non-hydrogen) atoms. The lowest BCUT2D eigenvalue weighted by Crippen LogP contribution is -2.13. The Balaban J connectivity index is 2.27. The van der Waals surface area contributed by atoms with E-state index in [0.29, 0.717) is 0 Å². The molecule has 0 heterocycles. The molecule has 2 N–H and O–H groups in total. The fourth-order valence-corrected chi connectivity index (χ4v) is 1.76. The van der Waals surface area contributed by atoms with Crippen molar-refractivity contribution in [3.8, 4) is 5.75 Å². The number of aromatic hydroxyl groups is 1. The van der Waals surface area contributed by atoms with Crippen molar-refractivity contribution in [2.75, 3.05) is 5.32 Å². The van der Waals surface area contributed by atoms with Gasteiger partial charge in [-0.2, -0.15) is 0 Å². The topological polar surface area (TPSA) is 92.5 Å². The number of amides is 1. The van der Waals surface area contributed by atoms with Gasteiger partial charge in [0.05, 0.1) is 4.92 Å². The van der Waals surface area contributed by atoms with E-state index in [-0.39, 0.29) is 16.8 Å². The highest BCUT2D eigenvalue weighted by Crippen LogP contribution is 2.27. The second-order valence-corrected chi connectivity index (χ2v) is 4.33. The maximum Gasteiger partial charge on any atom is 0.310 e. The van der Waals surface area contributed by atoms with E-state index in [4.69, 9.17) is 0 Å². The van der Waals surface area contributed by atoms with Gasteiger partial charge in [-0.15, -0.1) is 0 Å². The van der Waals surface area contributed by atoms with E-state index >= 15 is 0 Å². The van der Waals surface area contributed by atoms with Crippen molar-refractivity contribution < 1.29 is 19.2 Å². The van der Waals surface area contributed by atoms with Crippen molar-refractivity contribution >= 4 is 17.3 Å². The van der Waals surface area contributed by atoms with E-state index < -0.39 is 28.1 Å². The van der Waals surface area contributed by atoms with Gasteiger partial charge in [0.1, 0.15) is 5.82 Å². The van der Waals surface area contributed by atoms with Crippen LogP contribution in [0.25, 0.3) is 0 Å². The van der Waals surface area contributed by atoms with Crippen molar-refractivity contribution in [2.24, 2.45) is 0 Å². The molecule has 0 spiro atoms. The SMILES string of the molecule is Cc1c(F)cccc1NC(=O)c1ccc([N+](=O)[O-])c(O)c1. The van der Waals surface area contributed by atoms with Gasteiger partial charge in [0, 0.05) is 22.9 Å². The Kier molecular flexibility index (Phi) is 3.84. The first kappa shape index (κ1) is 14.4. The quantitative estimate of drug-likeness (QED) is 0.671. The number of carbonyl (C=O) groups excluding carboxylic acids is 1. The molecular formula is C14H11FN2O4. The van der Waals surface area contributed by atoms with Gasteiger partial charge in [0.2, 0.25) is 0 Å². The number of nitrogens with one attached hydrogen (secondary N) is 1. The molecular weight excluding hydrogens is 279 g/mol. The summed E-state index contributed by atoms with van der Waals surface area (Å²) >= 11 is 0. The van der Waals surface area contributed by atoms with Crippen LogP contribution in [0.3, 0.4) is 0 Å². The summed E-state index contributed by atoms with van der Waals surface area (Å²) in [7, 11) is 0. The van der Waals surface area contributed by atoms with Gasteiger partial charge in [-0.3, -0.25) is 14.9 Å². The monoisotopic (exact) mass is 290 g/mol. The molecule has 2 aromatic carbocycles. The van der Waals surface area contributed by atoms with Crippen molar-refractivity contribution in [3.63, 3.8) is 0 Å². The zero-order chi connectivity index (χ0) is 15.6. The highest BCUT2D eigenvalue weighted by molar-refractivity contribution is 6.05. The Morgan fingerprint density at radius 2 is 2.05 bits per heavy atom. The fourth-order valence-electron chi connectivity index (χ4n) is 1.76. The summed E-state index contributed by atoms with van der Waals surface area (Å²) in [4.78, 5) is 21.8. The molecule has 0 aliphatic carbocycles. The first-order valence-electron chi connectivity index (χ1n) is 5.94. The molecule has 0 unspecified atom stereocenters. The smallest absolute Gasteiger partial charge is 0.310 e. The minimum Gasteiger partial charge on any atom is -0.502 e. The van der Waals surface area contributed by atoms with E-state index in [9.17, 15) is 24.4 Å². The first-order chi connectivity index (χ1) is 9.90. The molecule has 0 saturated heterocycles. The van der Waals surface area contributed by atoms with Crippen LogP contribution in [0, 0.1) is 22.9 Å². The minimum atomic E-state index is -0.756. The Morgan fingerprint density at radius 3 is 2.67 bits per heavy atom. The third kappa shape index (κ3) is 2.97. The van der Waals surface area contributed by atoms with Crippen LogP contribution in [0.2, 0.25) is 0 Å². The summed E-state index contributed by atoms with van der Waals surface area (Å²) in [6.07, 6.45) is 0. The number of rotatable bonds is 3. The number of phenolic OH excluding ortho intramolecular Hbond substituents is 1. The van der Waals surface area contributed by atoms with Crippen LogP contribution in [0.5, 0.6) is 5.75 Å². The van der Waals surface area contributed by atoms with E-state index in [1.165, 1.54) is 31.2 Å². The number of phenols is 1. The van der Waals surface area contributed by atoms with Crippen LogP contribution in [-0.2, 0) is 0 Å². The molecule has 108 valence electrons. The summed E-state index contributed by atoms with van der Waals surface area (Å²) in [5, 5.41) is 22.6. The fraction of sp³-hybridized carbons (Fsp3) is 0.0714. The third-order valence-corrected chi connectivity index (χ3v) is 2.95. The Bertz CT molecular complexity index is 731. The molecule has 0 aromatic heterocycles. The van der Waals surface area contributed by atoms with Gasteiger partial charge in [-0.25, -0.2) is 4.39 Å². The van der Waals surface area contributed by atoms with Crippen molar-refractivity contribution in [1.29, 1.82) is 0 Å². The lowest BCUT2D eigenvalue weighted by molar-refractivity contribution is -0.385. The van der Waals surface area contributed by atoms with Crippen LogP contribution in [0.15, 0.2) is 36.4 Å². The van der Waals surface area contributed by atoms with Crippen LogP contribution in [-0.4, -0.2) is 15.9 Å². The minimum absolute atomic E-state index is 0.0294. The molecule has 0 saturated carbocycles.